The third kappa shape index (κ3) is 3.27. The molecule has 0 aromatic heterocycles. The first-order valence-corrected chi connectivity index (χ1v) is 5.15. The van der Waals surface area contributed by atoms with E-state index in [0.29, 0.717) is 0 Å². The maximum Gasteiger partial charge on any atom is 0.317 e. The quantitative estimate of drug-likeness (QED) is 0.712. The number of carboxylic acids is 1. The average molecular weight is 201 g/mol. The molecule has 2 N–H and O–H groups in total. The minimum absolute atomic E-state index is 0.0461. The van der Waals surface area contributed by atoms with Crippen molar-refractivity contribution in [1.29, 1.82) is 0 Å². The fourth-order valence-electron chi connectivity index (χ4n) is 1.78. The molecule has 1 rings (SSSR count). The lowest BCUT2D eigenvalue weighted by Gasteiger charge is -2.37. The van der Waals surface area contributed by atoms with Crippen LogP contribution in [0.15, 0.2) is 0 Å². The first-order valence-electron chi connectivity index (χ1n) is 5.15. The molecule has 1 saturated heterocycles. The topological polar surface area (TPSA) is 58.6 Å². The fraction of sp³-hybridized carbons (Fsp3) is 0.900. The van der Waals surface area contributed by atoms with Crippen molar-refractivity contribution >= 4 is 5.97 Å². The molecule has 1 aliphatic rings. The van der Waals surface area contributed by atoms with Crippen molar-refractivity contribution in [3.63, 3.8) is 0 Å². The molecule has 82 valence electrons. The van der Waals surface area contributed by atoms with Gasteiger partial charge in [-0.25, -0.2) is 0 Å². The Kier molecular flexibility index (Phi) is 3.89. The molecule has 1 heterocycles. The molecule has 0 aliphatic carbocycles. The van der Waals surface area contributed by atoms with Crippen LogP contribution in [0.1, 0.15) is 33.1 Å². The predicted octanol–water partition coefficient (Wildman–Crippen LogP) is 1.01. The minimum atomic E-state index is -0.797. The molecule has 1 aliphatic heterocycles. The van der Waals surface area contributed by atoms with E-state index in [9.17, 15) is 4.79 Å². The summed E-state index contributed by atoms with van der Waals surface area (Å²) < 4.78 is 5.66. The molecule has 2 unspecified atom stereocenters. The zero-order chi connectivity index (χ0) is 10.6. The summed E-state index contributed by atoms with van der Waals surface area (Å²) in [6.45, 7) is 4.95. The lowest BCUT2D eigenvalue weighted by Crippen LogP contribution is -2.46. The molecule has 0 spiro atoms. The third-order valence-electron chi connectivity index (χ3n) is 2.88. The van der Waals surface area contributed by atoms with E-state index in [-0.39, 0.29) is 18.2 Å². The monoisotopic (exact) mass is 201 g/mol. The second-order valence-electron chi connectivity index (χ2n) is 4.12. The lowest BCUT2D eigenvalue weighted by molar-refractivity contribution is -0.136. The number of aliphatic carboxylic acids is 1. The average Bonchev–Trinajstić information content (AvgIpc) is 2.15. The lowest BCUT2D eigenvalue weighted by atomic mass is 9.90. The smallest absolute Gasteiger partial charge is 0.317 e. The van der Waals surface area contributed by atoms with E-state index < -0.39 is 5.97 Å². The van der Waals surface area contributed by atoms with Crippen LogP contribution < -0.4 is 5.32 Å². The molecule has 4 nitrogen and oxygen atoms in total. The molecule has 0 aromatic carbocycles. The van der Waals surface area contributed by atoms with Gasteiger partial charge in [-0.2, -0.15) is 0 Å². The van der Waals surface area contributed by atoms with Crippen LogP contribution in [0.3, 0.4) is 0 Å². The van der Waals surface area contributed by atoms with Gasteiger partial charge in [0.15, 0.2) is 0 Å². The van der Waals surface area contributed by atoms with E-state index in [1.807, 2.05) is 0 Å². The molecular formula is C10H19NO3. The Hall–Kier alpha value is -0.610. The first-order chi connectivity index (χ1) is 6.56. The summed E-state index contributed by atoms with van der Waals surface area (Å²) in [6.07, 6.45) is 2.78. The molecule has 2 atom stereocenters. The molecule has 14 heavy (non-hydrogen) atoms. The maximum atomic E-state index is 10.4. The zero-order valence-corrected chi connectivity index (χ0v) is 8.88. The molecule has 0 aromatic rings. The van der Waals surface area contributed by atoms with E-state index in [1.54, 1.807) is 0 Å². The predicted molar refractivity (Wildman–Crippen MR) is 53.3 cm³/mol. The molecular weight excluding hydrogens is 182 g/mol. The summed E-state index contributed by atoms with van der Waals surface area (Å²) in [5, 5.41) is 11.6. The minimum Gasteiger partial charge on any atom is -0.480 e. The number of ether oxygens (including phenoxy) is 1. The Morgan fingerprint density at radius 3 is 3.00 bits per heavy atom. The molecule has 0 amide bonds. The van der Waals surface area contributed by atoms with Crippen LogP contribution in [0.4, 0.5) is 0 Å². The Bertz CT molecular complexity index is 208. The molecule has 1 fully saturated rings. The van der Waals surface area contributed by atoms with Crippen LogP contribution >= 0.6 is 0 Å². The van der Waals surface area contributed by atoms with Gasteiger partial charge in [0.25, 0.3) is 0 Å². The van der Waals surface area contributed by atoms with Crippen molar-refractivity contribution < 1.29 is 14.6 Å². The highest BCUT2D eigenvalue weighted by atomic mass is 16.5. The van der Waals surface area contributed by atoms with Crippen molar-refractivity contribution in [1.82, 2.24) is 5.32 Å². The van der Waals surface area contributed by atoms with Crippen molar-refractivity contribution in [2.45, 2.75) is 44.8 Å². The number of rotatable bonds is 4. The number of carbonyl (C=O) groups is 1. The number of nitrogens with one attached hydrogen (secondary N) is 1. The summed E-state index contributed by atoms with van der Waals surface area (Å²) in [5.74, 6) is -0.797. The summed E-state index contributed by atoms with van der Waals surface area (Å²) in [6, 6.07) is 0.282. The Morgan fingerprint density at radius 2 is 2.43 bits per heavy atom. The van der Waals surface area contributed by atoms with E-state index in [1.165, 1.54) is 0 Å². The van der Waals surface area contributed by atoms with Crippen LogP contribution in [0, 0.1) is 0 Å². The van der Waals surface area contributed by atoms with Gasteiger partial charge in [-0.1, -0.05) is 6.92 Å². The number of carboxylic acid groups (broad SMARTS) is 1. The highest BCUT2D eigenvalue weighted by molar-refractivity contribution is 5.69. The first kappa shape index (κ1) is 11.5. The Morgan fingerprint density at radius 1 is 1.71 bits per heavy atom. The van der Waals surface area contributed by atoms with Gasteiger partial charge in [0, 0.05) is 12.6 Å². The van der Waals surface area contributed by atoms with Crippen molar-refractivity contribution in [3.8, 4) is 0 Å². The summed E-state index contributed by atoms with van der Waals surface area (Å²) >= 11 is 0. The Balaban J connectivity index is 2.36. The van der Waals surface area contributed by atoms with Crippen LogP contribution in [0.25, 0.3) is 0 Å². The fourth-order valence-corrected chi connectivity index (χ4v) is 1.78. The van der Waals surface area contributed by atoms with E-state index >= 15 is 0 Å². The number of hydrogen-bond donors (Lipinski definition) is 2. The van der Waals surface area contributed by atoms with Crippen molar-refractivity contribution in [2.75, 3.05) is 13.2 Å². The second-order valence-corrected chi connectivity index (χ2v) is 4.12. The van der Waals surface area contributed by atoms with Gasteiger partial charge in [-0.15, -0.1) is 0 Å². The van der Waals surface area contributed by atoms with Gasteiger partial charge in [0.05, 0.1) is 12.1 Å². The molecule has 0 radical (unpaired) electrons. The second kappa shape index (κ2) is 4.75. The van der Waals surface area contributed by atoms with Gasteiger partial charge in [0.2, 0.25) is 0 Å². The maximum absolute atomic E-state index is 10.4. The largest absolute Gasteiger partial charge is 0.480 e. The van der Waals surface area contributed by atoms with Crippen LogP contribution in [-0.4, -0.2) is 35.9 Å². The van der Waals surface area contributed by atoms with Gasteiger partial charge in [-0.3, -0.25) is 4.79 Å². The normalized spacial score (nSPS) is 32.9. The van der Waals surface area contributed by atoms with Crippen molar-refractivity contribution in [3.05, 3.63) is 0 Å². The van der Waals surface area contributed by atoms with Crippen LogP contribution in [0.5, 0.6) is 0 Å². The van der Waals surface area contributed by atoms with Gasteiger partial charge < -0.3 is 15.2 Å². The standard InChI is InChI=1S/C10H19NO3/c1-3-10(2)6-8(4-5-14-10)11-7-9(12)13/h8,11H,3-7H2,1-2H3,(H,12,13). The van der Waals surface area contributed by atoms with Gasteiger partial charge in [-0.05, 0) is 26.2 Å². The van der Waals surface area contributed by atoms with Gasteiger partial charge >= 0.3 is 5.97 Å². The highest BCUT2D eigenvalue weighted by Crippen LogP contribution is 2.27. The summed E-state index contributed by atoms with van der Waals surface area (Å²) in [5.41, 5.74) is -0.0750. The van der Waals surface area contributed by atoms with Crippen molar-refractivity contribution in [2.24, 2.45) is 0 Å². The third-order valence-corrected chi connectivity index (χ3v) is 2.88. The summed E-state index contributed by atoms with van der Waals surface area (Å²) in [7, 11) is 0. The van der Waals surface area contributed by atoms with E-state index in [0.717, 1.165) is 25.9 Å². The van der Waals surface area contributed by atoms with Crippen LogP contribution in [-0.2, 0) is 9.53 Å². The SMILES string of the molecule is CCC1(C)CC(NCC(=O)O)CCO1. The number of hydrogen-bond acceptors (Lipinski definition) is 3. The molecule has 0 bridgehead atoms. The Labute approximate surface area is 84.6 Å². The van der Waals surface area contributed by atoms with E-state index in [2.05, 4.69) is 19.2 Å². The van der Waals surface area contributed by atoms with Crippen LogP contribution in [0.2, 0.25) is 0 Å². The van der Waals surface area contributed by atoms with E-state index in [4.69, 9.17) is 9.84 Å². The highest BCUT2D eigenvalue weighted by Gasteiger charge is 2.31. The zero-order valence-electron chi connectivity index (χ0n) is 8.88. The molecule has 4 heteroatoms. The molecule has 0 saturated carbocycles. The van der Waals surface area contributed by atoms with Gasteiger partial charge in [0.1, 0.15) is 0 Å². The summed E-state index contributed by atoms with van der Waals surface area (Å²) in [4.78, 5) is 10.4.